The van der Waals surface area contributed by atoms with Crippen molar-refractivity contribution in [3.8, 4) is 22.6 Å². The summed E-state index contributed by atoms with van der Waals surface area (Å²) in [6.45, 7) is 13.6. The van der Waals surface area contributed by atoms with Gasteiger partial charge in [0.15, 0.2) is 5.16 Å². The molecule has 0 aliphatic carbocycles. The molecule has 2 aromatic heterocycles. The molecule has 0 aliphatic rings. The molecule has 0 radical (unpaired) electrons. The molecule has 4 nitrogen and oxygen atoms in total. The molecule has 3 aromatic rings. The largest absolute Gasteiger partial charge is 0.295 e. The van der Waals surface area contributed by atoms with E-state index in [0.717, 1.165) is 5.39 Å². The molecule has 0 bridgehead atoms. The number of fused-ring (bicyclic) bond motifs is 1. The van der Waals surface area contributed by atoms with E-state index in [1.165, 1.54) is 16.3 Å². The fourth-order valence-corrected chi connectivity index (χ4v) is 11.2. The summed E-state index contributed by atoms with van der Waals surface area (Å²) in [6.07, 6.45) is 3.67. The van der Waals surface area contributed by atoms with Crippen molar-refractivity contribution in [1.82, 2.24) is 14.5 Å². The van der Waals surface area contributed by atoms with Crippen molar-refractivity contribution in [3.05, 3.63) is 50.4 Å². The third-order valence-corrected chi connectivity index (χ3v) is 14.2. The number of nitrogens with zero attached hydrogens (tertiary/aromatic N) is 3. The first-order valence-electron chi connectivity index (χ1n) is 11.4. The average Bonchev–Trinajstić information content (AvgIpc) is 2.77. The van der Waals surface area contributed by atoms with Gasteiger partial charge in [-0.05, 0) is 35.0 Å². The van der Waals surface area contributed by atoms with Crippen molar-refractivity contribution in [3.63, 3.8) is 0 Å². The Balaban J connectivity index is 2.55. The van der Waals surface area contributed by atoms with Gasteiger partial charge in [0, 0.05) is 24.4 Å². The Morgan fingerprint density at radius 3 is 2.06 bits per heavy atom. The van der Waals surface area contributed by atoms with Gasteiger partial charge in [-0.1, -0.05) is 88.5 Å². The molecule has 0 amide bonds. The number of halogens is 2. The summed E-state index contributed by atoms with van der Waals surface area (Å²) in [5.74, 6) is 3.49. The van der Waals surface area contributed by atoms with Crippen LogP contribution < -0.4 is 5.56 Å². The van der Waals surface area contributed by atoms with Gasteiger partial charge in [-0.25, -0.2) is 9.97 Å². The Morgan fingerprint density at radius 2 is 1.56 bits per heavy atom. The maximum atomic E-state index is 13.8. The molecule has 0 atom stereocenters. The summed E-state index contributed by atoms with van der Waals surface area (Å²) in [5, 5.41) is 2.14. The number of pyridine rings is 1. The van der Waals surface area contributed by atoms with Gasteiger partial charge in [0.2, 0.25) is 0 Å². The second-order valence-corrected chi connectivity index (χ2v) is 16.6. The number of rotatable bonds is 5. The highest BCUT2D eigenvalue weighted by atomic mass is 35.5. The van der Waals surface area contributed by atoms with Gasteiger partial charge < -0.3 is 0 Å². The zero-order chi connectivity index (χ0) is 25.4. The van der Waals surface area contributed by atoms with Crippen LogP contribution in [0.4, 0.5) is 0 Å². The monoisotopic (exact) mass is 531 g/mol. The van der Waals surface area contributed by atoms with Crippen LogP contribution in [0.5, 0.6) is 0 Å². The highest BCUT2D eigenvalue weighted by molar-refractivity contribution is 7.98. The van der Waals surface area contributed by atoms with Crippen molar-refractivity contribution in [2.75, 3.05) is 6.26 Å². The lowest BCUT2D eigenvalue weighted by molar-refractivity contribution is 0.838. The fourth-order valence-electron chi connectivity index (χ4n) is 5.10. The second kappa shape index (κ2) is 10.5. The van der Waals surface area contributed by atoms with Gasteiger partial charge in [-0.3, -0.25) is 9.36 Å². The number of aryl methyl sites for hydroxylation is 1. The van der Waals surface area contributed by atoms with Crippen LogP contribution >= 0.6 is 35.0 Å². The van der Waals surface area contributed by atoms with Gasteiger partial charge in [0.1, 0.15) is 13.7 Å². The third-order valence-electron chi connectivity index (χ3n) is 6.77. The molecule has 0 saturated carbocycles. The van der Waals surface area contributed by atoms with Gasteiger partial charge in [-0.15, -0.1) is 5.54 Å². The SMILES string of the molecule is CSc1ncc2c(C#C[Si](C(C)C)(C(C)C)C(C)C)c(-c3c(Cl)cccc3Cl)c(=O)n(C)c2n1. The molecule has 8 heteroatoms. The second-order valence-electron chi connectivity index (χ2n) is 9.45. The summed E-state index contributed by atoms with van der Waals surface area (Å²) >= 11 is 14.6. The van der Waals surface area contributed by atoms with Crippen molar-refractivity contribution >= 4 is 54.1 Å². The first-order valence-corrected chi connectivity index (χ1v) is 15.6. The lowest BCUT2D eigenvalue weighted by atomic mass is 9.99. The van der Waals surface area contributed by atoms with E-state index < -0.39 is 8.07 Å². The zero-order valence-corrected chi connectivity index (χ0v) is 24.3. The molecule has 1 aromatic carbocycles. The molecule has 0 spiro atoms. The minimum Gasteiger partial charge on any atom is -0.295 e. The molecule has 2 heterocycles. The van der Waals surface area contributed by atoms with Gasteiger partial charge in [0.05, 0.1) is 21.0 Å². The van der Waals surface area contributed by atoms with E-state index in [1.807, 2.05) is 6.26 Å². The third kappa shape index (κ3) is 4.56. The summed E-state index contributed by atoms with van der Waals surface area (Å²) < 4.78 is 1.54. The van der Waals surface area contributed by atoms with E-state index in [2.05, 4.69) is 63.0 Å². The molecule has 180 valence electrons. The van der Waals surface area contributed by atoms with Crippen molar-refractivity contribution in [2.45, 2.75) is 63.3 Å². The Hall–Kier alpha value is -1.78. The van der Waals surface area contributed by atoms with Crippen molar-refractivity contribution in [2.24, 2.45) is 7.05 Å². The molecule has 0 unspecified atom stereocenters. The predicted octanol–water partition coefficient (Wildman–Crippen LogP) is 7.59. The first-order chi connectivity index (χ1) is 16.0. The number of thioether (sulfide) groups is 1. The van der Waals surface area contributed by atoms with E-state index in [9.17, 15) is 4.79 Å². The Labute approximate surface area is 217 Å². The number of aromatic nitrogens is 3. The van der Waals surface area contributed by atoms with Crippen LogP contribution in [0.2, 0.25) is 26.7 Å². The summed E-state index contributed by atoms with van der Waals surface area (Å²) in [5.41, 5.74) is 6.91. The number of hydrogen-bond donors (Lipinski definition) is 0. The summed E-state index contributed by atoms with van der Waals surface area (Å²) in [7, 11) is -0.367. The lowest BCUT2D eigenvalue weighted by Gasteiger charge is -2.38. The van der Waals surface area contributed by atoms with Crippen LogP contribution in [0.1, 0.15) is 47.1 Å². The predicted molar refractivity (Wildman–Crippen MR) is 150 cm³/mol. The minimum absolute atomic E-state index is 0.233. The van der Waals surface area contributed by atoms with E-state index in [1.54, 1.807) is 31.4 Å². The Morgan fingerprint density at radius 1 is 1.00 bits per heavy atom. The fraction of sp³-hybridized carbons (Fsp3) is 0.423. The quantitative estimate of drug-likeness (QED) is 0.147. The minimum atomic E-state index is -2.08. The molecule has 0 fully saturated rings. The van der Waals surface area contributed by atoms with E-state index in [-0.39, 0.29) is 5.56 Å². The van der Waals surface area contributed by atoms with Gasteiger partial charge >= 0.3 is 0 Å². The van der Waals surface area contributed by atoms with Crippen LogP contribution in [0.15, 0.2) is 34.3 Å². The van der Waals surface area contributed by atoms with Gasteiger partial charge in [-0.2, -0.15) is 0 Å². The molecule has 0 saturated heterocycles. The lowest BCUT2D eigenvalue weighted by Crippen LogP contribution is -2.43. The van der Waals surface area contributed by atoms with Crippen molar-refractivity contribution in [1.29, 1.82) is 0 Å². The molecule has 0 aliphatic heterocycles. The van der Waals surface area contributed by atoms with E-state index in [4.69, 9.17) is 23.2 Å². The standard InChI is InChI=1S/C26H31Cl2N3OSSi/c1-15(2)34(16(3)4,17(5)6)13-12-18-19-14-29-26(33-8)30-24(19)31(7)25(32)22(18)23-20(27)10-9-11-21(23)28/h9-11,14-17H,1-8H3. The molecular formula is C26H31Cl2N3OSSi. The summed E-state index contributed by atoms with van der Waals surface area (Å²) in [6, 6.07) is 5.26. The maximum absolute atomic E-state index is 13.8. The van der Waals surface area contributed by atoms with Crippen LogP contribution in [0.25, 0.3) is 22.2 Å². The van der Waals surface area contributed by atoms with Crippen LogP contribution in [-0.2, 0) is 7.05 Å². The molecule has 3 rings (SSSR count). The Bertz CT molecular complexity index is 1310. The summed E-state index contributed by atoms with van der Waals surface area (Å²) in [4.78, 5) is 22.9. The van der Waals surface area contributed by atoms with E-state index in [0.29, 0.717) is 54.2 Å². The topological polar surface area (TPSA) is 47.8 Å². The normalized spacial score (nSPS) is 12.0. The first kappa shape index (κ1) is 26.8. The maximum Gasteiger partial charge on any atom is 0.261 e. The molecule has 0 N–H and O–H groups in total. The number of hydrogen-bond acceptors (Lipinski definition) is 4. The number of benzene rings is 1. The smallest absolute Gasteiger partial charge is 0.261 e. The van der Waals surface area contributed by atoms with Crippen molar-refractivity contribution < 1.29 is 0 Å². The Kier molecular flexibility index (Phi) is 8.24. The van der Waals surface area contributed by atoms with Gasteiger partial charge in [0.25, 0.3) is 5.56 Å². The highest BCUT2D eigenvalue weighted by Gasteiger charge is 2.41. The van der Waals surface area contributed by atoms with Crippen LogP contribution in [-0.4, -0.2) is 28.9 Å². The molecular weight excluding hydrogens is 501 g/mol. The van der Waals surface area contributed by atoms with E-state index >= 15 is 0 Å². The van der Waals surface area contributed by atoms with Crippen LogP contribution in [0.3, 0.4) is 0 Å². The molecule has 34 heavy (non-hydrogen) atoms. The van der Waals surface area contributed by atoms with Crippen LogP contribution in [0, 0.1) is 11.5 Å². The highest BCUT2D eigenvalue weighted by Crippen LogP contribution is 2.41. The average molecular weight is 533 g/mol. The zero-order valence-electron chi connectivity index (χ0n) is 21.0.